The van der Waals surface area contributed by atoms with E-state index in [4.69, 9.17) is 14.2 Å². The Balaban J connectivity index is 1.69. The number of rotatable bonds is 10. The number of benzene rings is 2. The van der Waals surface area contributed by atoms with Gasteiger partial charge >= 0.3 is 0 Å². The van der Waals surface area contributed by atoms with Crippen molar-refractivity contribution in [2.24, 2.45) is 0 Å². The number of aliphatic hydroxyl groups excluding tert-OH is 1. The van der Waals surface area contributed by atoms with Crippen molar-refractivity contribution >= 4 is 0 Å². The monoisotopic (exact) mass is 331 g/mol. The van der Waals surface area contributed by atoms with Crippen LogP contribution in [0.4, 0.5) is 0 Å². The van der Waals surface area contributed by atoms with Crippen molar-refractivity contribution < 1.29 is 19.3 Å². The third kappa shape index (κ3) is 5.85. The number of hydrogen-bond donors (Lipinski definition) is 2. The maximum absolute atomic E-state index is 9.98. The molecule has 0 radical (unpaired) electrons. The molecule has 2 aromatic rings. The molecule has 2 rings (SSSR count). The Morgan fingerprint density at radius 2 is 1.83 bits per heavy atom. The zero-order valence-corrected chi connectivity index (χ0v) is 14.2. The summed E-state index contributed by atoms with van der Waals surface area (Å²) in [6.07, 6.45) is -0.557. The van der Waals surface area contributed by atoms with Crippen molar-refractivity contribution in [3.8, 4) is 11.5 Å². The molecule has 0 aromatic heterocycles. The van der Waals surface area contributed by atoms with Crippen molar-refractivity contribution in [2.45, 2.75) is 19.3 Å². The quantitative estimate of drug-likeness (QED) is 0.700. The minimum atomic E-state index is -0.557. The van der Waals surface area contributed by atoms with E-state index in [0.717, 1.165) is 22.6 Å². The molecule has 2 aromatic carbocycles. The molecule has 2 N–H and O–H groups in total. The lowest BCUT2D eigenvalue weighted by Gasteiger charge is -2.14. The van der Waals surface area contributed by atoms with Gasteiger partial charge in [-0.15, -0.1) is 0 Å². The van der Waals surface area contributed by atoms with Gasteiger partial charge in [-0.2, -0.15) is 0 Å². The molecule has 0 spiro atoms. The first-order chi connectivity index (χ1) is 11.7. The zero-order valence-electron chi connectivity index (χ0n) is 14.2. The molecule has 0 saturated carbocycles. The maximum Gasteiger partial charge on any atom is 0.127 e. The molecule has 0 amide bonds. The molecule has 1 atom stereocenters. The largest absolute Gasteiger partial charge is 0.497 e. The van der Waals surface area contributed by atoms with E-state index in [9.17, 15) is 5.11 Å². The van der Waals surface area contributed by atoms with Crippen LogP contribution in [0.15, 0.2) is 48.5 Å². The van der Waals surface area contributed by atoms with Gasteiger partial charge in [0.1, 0.15) is 11.5 Å². The molecule has 24 heavy (non-hydrogen) atoms. The fourth-order valence-electron chi connectivity index (χ4n) is 2.32. The molecule has 0 heterocycles. The highest BCUT2D eigenvalue weighted by Gasteiger charge is 2.07. The average Bonchev–Trinajstić information content (AvgIpc) is 2.62. The summed E-state index contributed by atoms with van der Waals surface area (Å²) in [6.45, 7) is 1.85. The summed E-state index contributed by atoms with van der Waals surface area (Å²) >= 11 is 0. The molecule has 0 saturated heterocycles. The third-order valence-corrected chi connectivity index (χ3v) is 3.61. The Labute approximate surface area is 143 Å². The van der Waals surface area contributed by atoms with Crippen LogP contribution in [0.1, 0.15) is 11.1 Å². The van der Waals surface area contributed by atoms with Crippen molar-refractivity contribution in [1.29, 1.82) is 0 Å². The van der Waals surface area contributed by atoms with Crippen LogP contribution in [0.25, 0.3) is 0 Å². The van der Waals surface area contributed by atoms with E-state index < -0.39 is 6.10 Å². The van der Waals surface area contributed by atoms with E-state index in [1.165, 1.54) is 0 Å². The Bertz CT molecular complexity index is 604. The highest BCUT2D eigenvalue weighted by Crippen LogP contribution is 2.24. The van der Waals surface area contributed by atoms with Crippen molar-refractivity contribution in [3.63, 3.8) is 0 Å². The molecule has 0 unspecified atom stereocenters. The number of methoxy groups -OCH3 is 2. The van der Waals surface area contributed by atoms with E-state index >= 15 is 0 Å². The van der Waals surface area contributed by atoms with Gasteiger partial charge in [-0.1, -0.05) is 36.4 Å². The van der Waals surface area contributed by atoms with Crippen molar-refractivity contribution in [2.75, 3.05) is 27.4 Å². The maximum atomic E-state index is 9.98. The summed E-state index contributed by atoms with van der Waals surface area (Å²) in [6, 6.07) is 15.6. The number of aliphatic hydroxyl groups is 1. The number of hydrogen-bond acceptors (Lipinski definition) is 5. The highest BCUT2D eigenvalue weighted by molar-refractivity contribution is 5.40. The number of ether oxygens (including phenoxy) is 3. The Morgan fingerprint density at radius 3 is 2.54 bits per heavy atom. The lowest BCUT2D eigenvalue weighted by molar-refractivity contribution is 0.0287. The Morgan fingerprint density at radius 1 is 1.04 bits per heavy atom. The Hall–Kier alpha value is -2.08. The topological polar surface area (TPSA) is 60.0 Å². The zero-order chi connectivity index (χ0) is 17.2. The number of nitrogens with one attached hydrogen (secondary N) is 1. The average molecular weight is 331 g/mol. The molecule has 0 aliphatic heterocycles. The van der Waals surface area contributed by atoms with E-state index in [0.29, 0.717) is 26.3 Å². The molecule has 0 fully saturated rings. The van der Waals surface area contributed by atoms with Crippen LogP contribution in [-0.4, -0.2) is 38.6 Å². The van der Waals surface area contributed by atoms with Crippen molar-refractivity contribution in [3.05, 3.63) is 59.7 Å². The van der Waals surface area contributed by atoms with Gasteiger partial charge < -0.3 is 24.6 Å². The lowest BCUT2D eigenvalue weighted by atomic mass is 10.2. The summed E-state index contributed by atoms with van der Waals surface area (Å²) in [5.41, 5.74) is 2.11. The second-order valence-electron chi connectivity index (χ2n) is 5.46. The van der Waals surface area contributed by atoms with Crippen LogP contribution in [-0.2, 0) is 17.9 Å². The Kier molecular flexibility index (Phi) is 7.55. The van der Waals surface area contributed by atoms with Gasteiger partial charge in [0, 0.05) is 24.7 Å². The third-order valence-electron chi connectivity index (χ3n) is 3.61. The first-order valence-corrected chi connectivity index (χ1v) is 7.94. The molecular weight excluding hydrogens is 306 g/mol. The van der Waals surface area contributed by atoms with Crippen LogP contribution < -0.4 is 14.8 Å². The van der Waals surface area contributed by atoms with Crippen LogP contribution >= 0.6 is 0 Å². The molecule has 0 bridgehead atoms. The second kappa shape index (κ2) is 9.93. The molecule has 5 heteroatoms. The second-order valence-corrected chi connectivity index (χ2v) is 5.46. The summed E-state index contributed by atoms with van der Waals surface area (Å²) in [5.74, 6) is 1.52. The summed E-state index contributed by atoms with van der Waals surface area (Å²) in [7, 11) is 3.25. The van der Waals surface area contributed by atoms with E-state index in [1.807, 2.05) is 48.5 Å². The fraction of sp³-hybridized carbons (Fsp3) is 0.368. The SMILES string of the molecule is COc1ccc(CNC[C@H](O)COCc2ccccc2)c(OC)c1. The molecule has 0 aliphatic carbocycles. The van der Waals surface area contributed by atoms with Crippen LogP contribution in [0, 0.1) is 0 Å². The summed E-state index contributed by atoms with van der Waals surface area (Å²) < 4.78 is 16.1. The van der Waals surface area contributed by atoms with E-state index in [2.05, 4.69) is 5.32 Å². The minimum Gasteiger partial charge on any atom is -0.497 e. The van der Waals surface area contributed by atoms with Gasteiger partial charge in [0.25, 0.3) is 0 Å². The van der Waals surface area contributed by atoms with Gasteiger partial charge in [0.15, 0.2) is 0 Å². The van der Waals surface area contributed by atoms with Crippen LogP contribution in [0.5, 0.6) is 11.5 Å². The van der Waals surface area contributed by atoms with Gasteiger partial charge in [-0.25, -0.2) is 0 Å². The van der Waals surface area contributed by atoms with Gasteiger partial charge in [0.05, 0.1) is 33.5 Å². The minimum absolute atomic E-state index is 0.293. The van der Waals surface area contributed by atoms with Gasteiger partial charge in [-0.3, -0.25) is 0 Å². The standard InChI is InChI=1S/C19H25NO4/c1-22-18-9-8-16(19(10-18)23-2)11-20-12-17(21)14-24-13-15-6-4-3-5-7-15/h3-10,17,20-21H,11-14H2,1-2H3/t17-/m0/s1. The predicted octanol–water partition coefficient (Wildman–Crippen LogP) is 2.37. The lowest BCUT2D eigenvalue weighted by Crippen LogP contribution is -2.30. The molecule has 0 aliphatic rings. The molecule has 130 valence electrons. The van der Waals surface area contributed by atoms with Crippen LogP contribution in [0.2, 0.25) is 0 Å². The summed E-state index contributed by atoms with van der Waals surface area (Å²) in [4.78, 5) is 0. The van der Waals surface area contributed by atoms with E-state index in [-0.39, 0.29) is 0 Å². The first kappa shape index (κ1) is 18.3. The van der Waals surface area contributed by atoms with E-state index in [1.54, 1.807) is 14.2 Å². The molecular formula is C19H25NO4. The predicted molar refractivity (Wildman–Crippen MR) is 93.4 cm³/mol. The van der Waals surface area contributed by atoms with Gasteiger partial charge in [-0.05, 0) is 11.6 Å². The summed E-state index contributed by atoms with van der Waals surface area (Å²) in [5, 5.41) is 13.2. The normalized spacial score (nSPS) is 12.0. The van der Waals surface area contributed by atoms with Crippen molar-refractivity contribution in [1.82, 2.24) is 5.32 Å². The highest BCUT2D eigenvalue weighted by atomic mass is 16.5. The fourth-order valence-corrected chi connectivity index (χ4v) is 2.32. The molecule has 5 nitrogen and oxygen atoms in total. The smallest absolute Gasteiger partial charge is 0.127 e. The first-order valence-electron chi connectivity index (χ1n) is 7.94. The van der Waals surface area contributed by atoms with Crippen LogP contribution in [0.3, 0.4) is 0 Å². The van der Waals surface area contributed by atoms with Gasteiger partial charge in [0.2, 0.25) is 0 Å².